The molecule has 124 valence electrons. The highest BCUT2D eigenvalue weighted by atomic mass is 35.5. The monoisotopic (exact) mass is 328 g/mol. The Hall–Kier alpha value is -1.13. The van der Waals surface area contributed by atoms with Crippen LogP contribution in [0.2, 0.25) is 0 Å². The maximum absolute atomic E-state index is 13.1. The molecule has 1 aliphatic rings. The molecule has 0 bridgehead atoms. The normalized spacial score (nSPS) is 22.0. The third-order valence-electron chi connectivity index (χ3n) is 4.32. The van der Waals surface area contributed by atoms with Crippen LogP contribution in [0.1, 0.15) is 38.2 Å². The van der Waals surface area contributed by atoms with Crippen molar-refractivity contribution in [2.24, 2.45) is 17.6 Å². The lowest BCUT2D eigenvalue weighted by atomic mass is 9.97. The number of hydrogen-bond acceptors (Lipinski definition) is 2. The summed E-state index contributed by atoms with van der Waals surface area (Å²) < 4.78 is 13.1. The molecule has 0 heterocycles. The highest BCUT2D eigenvalue weighted by Crippen LogP contribution is 2.25. The molecule has 2 rings (SSSR count). The van der Waals surface area contributed by atoms with Gasteiger partial charge in [-0.2, -0.15) is 0 Å². The Labute approximate surface area is 138 Å². The van der Waals surface area contributed by atoms with Crippen LogP contribution in [0, 0.1) is 17.7 Å². The van der Waals surface area contributed by atoms with E-state index >= 15 is 0 Å². The van der Waals surface area contributed by atoms with Gasteiger partial charge in [-0.05, 0) is 55.3 Å². The second-order valence-corrected chi connectivity index (χ2v) is 6.24. The van der Waals surface area contributed by atoms with E-state index in [9.17, 15) is 9.18 Å². The molecule has 0 aromatic heterocycles. The van der Waals surface area contributed by atoms with Gasteiger partial charge < -0.3 is 11.1 Å². The maximum atomic E-state index is 13.1. The Morgan fingerprint density at radius 3 is 2.91 bits per heavy atom. The summed E-state index contributed by atoms with van der Waals surface area (Å²) in [6.45, 7) is 2.67. The number of hydrogen-bond donors (Lipinski definition) is 2. The van der Waals surface area contributed by atoms with Crippen molar-refractivity contribution in [2.45, 2.75) is 45.1 Å². The minimum atomic E-state index is -0.221. The van der Waals surface area contributed by atoms with Gasteiger partial charge in [-0.25, -0.2) is 4.39 Å². The van der Waals surface area contributed by atoms with Gasteiger partial charge in [-0.3, -0.25) is 4.79 Å². The van der Waals surface area contributed by atoms with E-state index in [4.69, 9.17) is 5.73 Å². The molecule has 1 fully saturated rings. The second kappa shape index (κ2) is 9.11. The first kappa shape index (κ1) is 18.9. The summed E-state index contributed by atoms with van der Waals surface area (Å²) in [5, 5.41) is 3.11. The first-order valence-corrected chi connectivity index (χ1v) is 7.82. The molecular weight excluding hydrogens is 303 g/mol. The van der Waals surface area contributed by atoms with E-state index in [0.29, 0.717) is 18.9 Å². The zero-order valence-electron chi connectivity index (χ0n) is 13.1. The molecule has 3 atom stereocenters. The molecule has 3 nitrogen and oxygen atoms in total. The molecular formula is C17H26ClFN2O. The number of carbonyl (C=O) groups is 1. The average Bonchev–Trinajstić information content (AvgIpc) is 2.85. The molecule has 3 N–H and O–H groups in total. The van der Waals surface area contributed by atoms with E-state index in [1.807, 2.05) is 13.0 Å². The zero-order chi connectivity index (χ0) is 15.2. The van der Waals surface area contributed by atoms with Gasteiger partial charge in [0.1, 0.15) is 5.82 Å². The third kappa shape index (κ3) is 5.58. The summed E-state index contributed by atoms with van der Waals surface area (Å²) in [5.74, 6) is 0.488. The van der Waals surface area contributed by atoms with Crippen LogP contribution >= 0.6 is 12.4 Å². The number of nitrogens with two attached hydrogens (primary N) is 1. The molecule has 1 aliphatic carbocycles. The lowest BCUT2D eigenvalue weighted by molar-refractivity contribution is -0.122. The van der Waals surface area contributed by atoms with Crippen molar-refractivity contribution in [3.63, 3.8) is 0 Å². The van der Waals surface area contributed by atoms with Crippen LogP contribution in [0.25, 0.3) is 0 Å². The highest BCUT2D eigenvalue weighted by Gasteiger charge is 2.27. The van der Waals surface area contributed by atoms with Crippen molar-refractivity contribution in [3.05, 3.63) is 35.6 Å². The molecule has 1 saturated carbocycles. The molecule has 0 spiro atoms. The van der Waals surface area contributed by atoms with Crippen LogP contribution in [0.3, 0.4) is 0 Å². The fourth-order valence-corrected chi connectivity index (χ4v) is 3.23. The van der Waals surface area contributed by atoms with Gasteiger partial charge in [0.05, 0.1) is 0 Å². The van der Waals surface area contributed by atoms with Crippen LogP contribution in [-0.2, 0) is 11.2 Å². The van der Waals surface area contributed by atoms with E-state index in [2.05, 4.69) is 5.32 Å². The molecule has 0 radical (unpaired) electrons. The summed E-state index contributed by atoms with van der Waals surface area (Å²) in [6.07, 6.45) is 4.48. The van der Waals surface area contributed by atoms with Gasteiger partial charge in [0.2, 0.25) is 5.91 Å². The summed E-state index contributed by atoms with van der Waals surface area (Å²) >= 11 is 0. The fraction of sp³-hybridized carbons (Fsp3) is 0.588. The van der Waals surface area contributed by atoms with Crippen molar-refractivity contribution in [2.75, 3.05) is 6.54 Å². The van der Waals surface area contributed by atoms with Crippen LogP contribution in [0.5, 0.6) is 0 Å². The van der Waals surface area contributed by atoms with E-state index in [1.54, 1.807) is 6.07 Å². The fourth-order valence-electron chi connectivity index (χ4n) is 3.23. The molecule has 0 aliphatic heterocycles. The zero-order valence-corrected chi connectivity index (χ0v) is 13.9. The Kier molecular flexibility index (Phi) is 7.83. The topological polar surface area (TPSA) is 55.1 Å². The van der Waals surface area contributed by atoms with E-state index in [0.717, 1.165) is 31.2 Å². The highest BCUT2D eigenvalue weighted by molar-refractivity contribution is 5.85. The smallest absolute Gasteiger partial charge is 0.220 e. The summed E-state index contributed by atoms with van der Waals surface area (Å²) in [5.41, 5.74) is 6.67. The Morgan fingerprint density at radius 2 is 2.23 bits per heavy atom. The largest absolute Gasteiger partial charge is 0.353 e. The number of benzene rings is 1. The predicted molar refractivity (Wildman–Crippen MR) is 89.5 cm³/mol. The van der Waals surface area contributed by atoms with E-state index in [-0.39, 0.29) is 36.1 Å². The van der Waals surface area contributed by atoms with Gasteiger partial charge in [-0.1, -0.05) is 25.5 Å². The van der Waals surface area contributed by atoms with Crippen molar-refractivity contribution < 1.29 is 9.18 Å². The SMILES string of the molecule is CC(CC(=O)NC1CCCC1CN)Cc1cccc(F)c1.Cl. The molecule has 5 heteroatoms. The predicted octanol–water partition coefficient (Wildman–Crippen LogP) is 3.06. The van der Waals surface area contributed by atoms with Crippen LogP contribution in [0.4, 0.5) is 4.39 Å². The summed E-state index contributed by atoms with van der Waals surface area (Å²) in [6, 6.07) is 6.83. The number of rotatable bonds is 6. The Bertz CT molecular complexity index is 483. The van der Waals surface area contributed by atoms with Gasteiger partial charge in [-0.15, -0.1) is 12.4 Å². The molecule has 0 saturated heterocycles. The van der Waals surface area contributed by atoms with Crippen molar-refractivity contribution >= 4 is 18.3 Å². The van der Waals surface area contributed by atoms with Crippen LogP contribution < -0.4 is 11.1 Å². The lowest BCUT2D eigenvalue weighted by Crippen LogP contribution is -2.40. The van der Waals surface area contributed by atoms with Gasteiger partial charge in [0, 0.05) is 12.5 Å². The summed E-state index contributed by atoms with van der Waals surface area (Å²) in [7, 11) is 0. The van der Waals surface area contributed by atoms with Crippen LogP contribution in [0.15, 0.2) is 24.3 Å². The molecule has 1 amide bonds. The third-order valence-corrected chi connectivity index (χ3v) is 4.32. The van der Waals surface area contributed by atoms with E-state index in [1.165, 1.54) is 12.1 Å². The summed E-state index contributed by atoms with van der Waals surface area (Å²) in [4.78, 5) is 12.1. The maximum Gasteiger partial charge on any atom is 0.220 e. The molecule has 22 heavy (non-hydrogen) atoms. The number of carbonyl (C=O) groups excluding carboxylic acids is 1. The minimum Gasteiger partial charge on any atom is -0.353 e. The van der Waals surface area contributed by atoms with E-state index < -0.39 is 0 Å². The minimum absolute atomic E-state index is 0. The van der Waals surface area contributed by atoms with Crippen molar-refractivity contribution in [1.82, 2.24) is 5.32 Å². The Morgan fingerprint density at radius 1 is 1.45 bits per heavy atom. The number of nitrogens with one attached hydrogen (secondary N) is 1. The molecule has 3 unspecified atom stereocenters. The first-order chi connectivity index (χ1) is 10.1. The van der Waals surface area contributed by atoms with Crippen molar-refractivity contribution in [3.8, 4) is 0 Å². The number of halogens is 2. The second-order valence-electron chi connectivity index (χ2n) is 6.24. The standard InChI is InChI=1S/C17H25FN2O.ClH/c1-12(8-13-4-2-6-15(18)10-13)9-17(21)20-16-7-3-5-14(16)11-19;/h2,4,6,10,12,14,16H,3,5,7-9,11,19H2,1H3,(H,20,21);1H. The lowest BCUT2D eigenvalue weighted by Gasteiger charge is -2.20. The van der Waals surface area contributed by atoms with Crippen molar-refractivity contribution in [1.29, 1.82) is 0 Å². The number of amides is 1. The van der Waals surface area contributed by atoms with Gasteiger partial charge in [0.15, 0.2) is 0 Å². The average molecular weight is 329 g/mol. The van der Waals surface area contributed by atoms with Crippen LogP contribution in [-0.4, -0.2) is 18.5 Å². The quantitative estimate of drug-likeness (QED) is 0.843. The Balaban J connectivity index is 0.00000242. The van der Waals surface area contributed by atoms with Gasteiger partial charge in [0.25, 0.3) is 0 Å². The first-order valence-electron chi connectivity index (χ1n) is 7.82. The van der Waals surface area contributed by atoms with Gasteiger partial charge >= 0.3 is 0 Å². The molecule has 1 aromatic carbocycles. The molecule has 1 aromatic rings.